The van der Waals surface area contributed by atoms with Gasteiger partial charge in [0.2, 0.25) is 0 Å². The lowest BCUT2D eigenvalue weighted by atomic mass is 9.86. The molecule has 3 aliphatic rings. The largest absolute Gasteiger partial charge is 0.462 e. The molecule has 0 aliphatic carbocycles. The van der Waals surface area contributed by atoms with E-state index in [1.54, 1.807) is 0 Å². The van der Waals surface area contributed by atoms with Gasteiger partial charge in [0.05, 0.1) is 115 Å². The lowest BCUT2D eigenvalue weighted by Gasteiger charge is -2.35. The van der Waals surface area contributed by atoms with Crippen molar-refractivity contribution in [3.8, 4) is 0 Å². The normalized spacial score (nSPS) is 14.5. The second-order valence-corrected chi connectivity index (χ2v) is 23.2. The second kappa shape index (κ2) is 56.5. The molecule has 108 heavy (non-hydrogen) atoms. The summed E-state index contributed by atoms with van der Waals surface area (Å²) in [6.07, 6.45) is 12.4. The number of hydrogen-bond acceptors (Lipinski definition) is 31. The molecule has 1 aromatic rings. The molecular formula is C74H111N3O31. The lowest BCUT2D eigenvalue weighted by Crippen LogP contribution is -2.55. The molecule has 0 amide bonds. The fraction of sp³-hybridized carbons (Fsp3) is 0.554. The minimum absolute atomic E-state index is 0. The van der Waals surface area contributed by atoms with Gasteiger partial charge < -0.3 is 85.6 Å². The number of hydrogen-bond donors (Lipinski definition) is 1. The molecule has 0 radical (unpaired) electrons. The Balaban J connectivity index is -0.00000137. The highest BCUT2D eigenvalue weighted by Crippen LogP contribution is 2.30. The van der Waals surface area contributed by atoms with Gasteiger partial charge in [-0.25, -0.2) is 76.0 Å². The van der Waals surface area contributed by atoms with Gasteiger partial charge in [0, 0.05) is 66.2 Å². The third kappa shape index (κ3) is 41.9. The zero-order chi connectivity index (χ0) is 78.9. The van der Waals surface area contributed by atoms with Gasteiger partial charge in [-0.1, -0.05) is 109 Å². The van der Waals surface area contributed by atoms with E-state index in [1.165, 1.54) is 0 Å². The Bertz CT molecular complexity index is 2920. The number of epoxide rings is 3. The Kier molecular flexibility index (Phi) is 53.5. The fourth-order valence-corrected chi connectivity index (χ4v) is 7.88. The zero-order valence-electron chi connectivity index (χ0n) is 59.9. The van der Waals surface area contributed by atoms with Crippen LogP contribution in [0.1, 0.15) is 62.3 Å². The predicted molar refractivity (Wildman–Crippen MR) is 391 cm³/mol. The molecule has 34 nitrogen and oxygen atoms in total. The number of carbonyl (C=O) groups is 10. The highest BCUT2D eigenvalue weighted by molar-refractivity contribution is 5.84. The quantitative estimate of drug-likeness (QED) is 0.0420. The summed E-state index contributed by atoms with van der Waals surface area (Å²) >= 11 is 0. The van der Waals surface area contributed by atoms with Crippen molar-refractivity contribution in [1.82, 2.24) is 13.7 Å². The van der Waals surface area contributed by atoms with Crippen LogP contribution in [0.5, 0.6) is 0 Å². The number of aliphatic hydroxyl groups is 1. The molecule has 0 spiro atoms. The Morgan fingerprint density at radius 2 is 0.509 bits per heavy atom. The van der Waals surface area contributed by atoms with Gasteiger partial charge in [0.15, 0.2) is 0 Å². The van der Waals surface area contributed by atoms with Gasteiger partial charge in [-0.15, -0.1) is 0 Å². The number of carbonyl (C=O) groups excluding carboxylic acids is 10. The molecular weight excluding hydrogens is 1430 g/mol. The maximum atomic E-state index is 12.6. The van der Waals surface area contributed by atoms with Crippen molar-refractivity contribution < 1.29 is 134 Å². The van der Waals surface area contributed by atoms with Crippen LogP contribution >= 0.6 is 0 Å². The molecule has 0 aromatic carbocycles. The summed E-state index contributed by atoms with van der Waals surface area (Å²) in [5.41, 5.74) is -6.07. The van der Waals surface area contributed by atoms with E-state index in [9.17, 15) is 67.4 Å². The van der Waals surface area contributed by atoms with Crippen LogP contribution in [0.4, 0.5) is 0 Å². The summed E-state index contributed by atoms with van der Waals surface area (Å²) < 4.78 is 90.5. The van der Waals surface area contributed by atoms with Crippen LogP contribution in [0.15, 0.2) is 141 Å². The van der Waals surface area contributed by atoms with Gasteiger partial charge >= 0.3 is 76.8 Å². The van der Waals surface area contributed by atoms with Crippen LogP contribution in [-0.2, 0) is 148 Å². The predicted octanol–water partition coefficient (Wildman–Crippen LogP) is 3.76. The Morgan fingerprint density at radius 3 is 0.685 bits per heavy atom. The van der Waals surface area contributed by atoms with Crippen molar-refractivity contribution in [3.05, 3.63) is 158 Å². The highest BCUT2D eigenvalue weighted by Gasteiger charge is 2.39. The number of nitrogens with zero attached hydrogens (tertiary/aromatic N) is 3. The SMILES string of the molecule is C.C.C.C=CC(=O)OCC(CC)(COCC(CC)(COC(=O)C=C)COC(=O)C=C)COC(=O)C=C.C=CC(=O)OCC(CO)(COC(=O)C=C)COC(=O)C=C.C=CC(=O)OCCn1c(=O)n(CCOC(=O)C=C)c(=O)n(CCOC(=O)C=C)c1=O.CCC(COCC1CO1)(COCC1CO1)COCC1CO1. The smallest absolute Gasteiger partial charge is 0.336 e. The molecule has 3 atom stereocenters. The maximum Gasteiger partial charge on any atom is 0.336 e. The van der Waals surface area contributed by atoms with Gasteiger partial charge in [-0.3, -0.25) is 0 Å². The van der Waals surface area contributed by atoms with Crippen molar-refractivity contribution in [3.63, 3.8) is 0 Å². The molecule has 1 aromatic heterocycles. The van der Waals surface area contributed by atoms with Crippen molar-refractivity contribution in [2.24, 2.45) is 21.7 Å². The molecule has 4 heterocycles. The van der Waals surface area contributed by atoms with Crippen molar-refractivity contribution in [2.45, 2.75) is 100 Å². The minimum Gasteiger partial charge on any atom is -0.462 e. The Morgan fingerprint density at radius 1 is 0.333 bits per heavy atom. The molecule has 4 rings (SSSR count). The summed E-state index contributed by atoms with van der Waals surface area (Å²) in [7, 11) is 0. The summed E-state index contributed by atoms with van der Waals surface area (Å²) in [5, 5.41) is 9.48. The Labute approximate surface area is 630 Å². The first kappa shape index (κ1) is 102. The van der Waals surface area contributed by atoms with Crippen molar-refractivity contribution in [1.29, 1.82) is 0 Å². The average Bonchev–Trinajstić information content (AvgIpc) is 1.76. The molecule has 0 bridgehead atoms. The fourth-order valence-electron chi connectivity index (χ4n) is 7.88. The number of aliphatic hydroxyl groups excluding tert-OH is 1. The van der Waals surface area contributed by atoms with Crippen LogP contribution < -0.4 is 17.1 Å². The van der Waals surface area contributed by atoms with E-state index in [1.807, 2.05) is 13.8 Å². The minimum atomic E-state index is -1.28. The number of esters is 10. The summed E-state index contributed by atoms with van der Waals surface area (Å²) in [6, 6.07) is 0. The monoisotopic (exact) mass is 1540 g/mol. The van der Waals surface area contributed by atoms with E-state index in [0.717, 1.165) is 87.0 Å². The first-order valence-electron chi connectivity index (χ1n) is 32.8. The topological polar surface area (TPSA) is 424 Å². The van der Waals surface area contributed by atoms with Crippen LogP contribution in [0.25, 0.3) is 0 Å². The summed E-state index contributed by atoms with van der Waals surface area (Å²) in [4.78, 5) is 151. The molecule has 3 fully saturated rings. The van der Waals surface area contributed by atoms with E-state index in [0.29, 0.717) is 84.5 Å². The van der Waals surface area contributed by atoms with Gasteiger partial charge in [-0.05, 0) is 19.3 Å². The van der Waals surface area contributed by atoms with Crippen LogP contribution in [0, 0.1) is 21.7 Å². The van der Waals surface area contributed by atoms with E-state index >= 15 is 0 Å². The van der Waals surface area contributed by atoms with Crippen LogP contribution in [0.3, 0.4) is 0 Å². The molecule has 34 heteroatoms. The summed E-state index contributed by atoms with van der Waals surface area (Å²) in [6.45, 7) is 41.1. The second-order valence-electron chi connectivity index (χ2n) is 23.2. The van der Waals surface area contributed by atoms with Crippen molar-refractivity contribution >= 4 is 59.7 Å². The van der Waals surface area contributed by atoms with E-state index < -0.39 is 99.6 Å². The molecule has 608 valence electrons. The van der Waals surface area contributed by atoms with Crippen molar-refractivity contribution in [2.75, 3.05) is 145 Å². The maximum absolute atomic E-state index is 12.6. The van der Waals surface area contributed by atoms with E-state index in [2.05, 4.69) is 72.7 Å². The first-order valence-corrected chi connectivity index (χ1v) is 32.8. The molecule has 0 saturated carbocycles. The van der Waals surface area contributed by atoms with E-state index in [-0.39, 0.29) is 127 Å². The summed E-state index contributed by atoms with van der Waals surface area (Å²) in [5.74, 6) is -6.96. The van der Waals surface area contributed by atoms with E-state index in [4.69, 9.17) is 80.5 Å². The van der Waals surface area contributed by atoms with Crippen LogP contribution in [-0.4, -0.2) is 242 Å². The van der Waals surface area contributed by atoms with Gasteiger partial charge in [-0.2, -0.15) is 0 Å². The standard InChI is InChI=1S/C24H34O9.C18H21N3O9.C15H26O6.C14H18O7.3CH4/c1-7-19(25)30-15-23(11-5,16-31-20(26)8-2)13-29-14-24(12-6,17-32-21(27)9-3)18-33-22(28)10-4;1-4-13(22)28-10-7-19-16(25)20(8-11-29-14(23)5-2)18(27)21(17(19)26)9-12-30-15(24)6-3;1-2-15(9-16-3-12-6-19-12,10-17-4-13-7-20-13)11-18-5-14-8-21-14;1-4-11(16)19-8-14(7-15,9-20-12(17)5-2)10-21-13(18)6-3;;;/h7-10H,1-4,11-18H2,5-6H3;4-6H,1-3,7-12H2;12-14H,2-11H2,1H3;4-6,15H,1-3,7-10H2;3*1H4. The molecule has 3 saturated heterocycles. The molecule has 3 unspecified atom stereocenters. The number of aromatic nitrogens is 3. The van der Waals surface area contributed by atoms with Gasteiger partial charge in [0.1, 0.15) is 84.4 Å². The third-order valence-corrected chi connectivity index (χ3v) is 15.1. The first-order chi connectivity index (χ1) is 50.1. The molecule has 1 N–H and O–H groups in total. The third-order valence-electron chi connectivity index (χ3n) is 15.1. The lowest BCUT2D eigenvalue weighted by molar-refractivity contribution is -0.161. The average molecular weight is 1540 g/mol. The van der Waals surface area contributed by atoms with Gasteiger partial charge in [0.25, 0.3) is 0 Å². The molecule has 3 aliphatic heterocycles. The van der Waals surface area contributed by atoms with Crippen LogP contribution in [0.2, 0.25) is 0 Å². The highest BCUT2D eigenvalue weighted by atomic mass is 16.6. The number of rotatable bonds is 53. The Hall–Kier alpha value is -9.81. The number of ether oxygens (including phenoxy) is 17. The zero-order valence-corrected chi connectivity index (χ0v) is 59.9.